The molecule has 1 aliphatic heterocycles. The quantitative estimate of drug-likeness (QED) is 0.622. The van der Waals surface area contributed by atoms with Gasteiger partial charge in [0.15, 0.2) is 0 Å². The van der Waals surface area contributed by atoms with Gasteiger partial charge in [-0.15, -0.1) is 0 Å². The maximum atomic E-state index is 14.1. The van der Waals surface area contributed by atoms with Gasteiger partial charge in [-0.2, -0.15) is 0 Å². The zero-order valence-corrected chi connectivity index (χ0v) is 17.6. The molecule has 0 aromatic carbocycles. The van der Waals surface area contributed by atoms with Crippen LogP contribution in [0.25, 0.3) is 0 Å². The zero-order valence-electron chi connectivity index (χ0n) is 17.6. The van der Waals surface area contributed by atoms with Crippen LogP contribution in [0.1, 0.15) is 46.2 Å². The predicted octanol–water partition coefficient (Wildman–Crippen LogP) is 2.60. The smallest absolute Gasteiger partial charge is 0.335 e. The number of aromatic carboxylic acids is 1. The second kappa shape index (κ2) is 9.25. The first-order chi connectivity index (χ1) is 15.1. The van der Waals surface area contributed by atoms with Crippen LogP contribution < -0.4 is 10.6 Å². The highest BCUT2D eigenvalue weighted by atomic mass is 19.3. The Balaban J connectivity index is 1.86. The van der Waals surface area contributed by atoms with Crippen molar-refractivity contribution in [3.05, 3.63) is 47.3 Å². The second-order valence-corrected chi connectivity index (χ2v) is 7.64. The summed E-state index contributed by atoms with van der Waals surface area (Å²) in [5.74, 6) is -4.74. The zero-order chi connectivity index (χ0) is 23.5. The van der Waals surface area contributed by atoms with Gasteiger partial charge in [0, 0.05) is 32.1 Å². The number of hydrogen-bond donors (Lipinski definition) is 3. The van der Waals surface area contributed by atoms with Gasteiger partial charge in [-0.1, -0.05) is 6.07 Å². The van der Waals surface area contributed by atoms with Crippen LogP contribution in [0.3, 0.4) is 0 Å². The minimum absolute atomic E-state index is 0.0160. The lowest BCUT2D eigenvalue weighted by Gasteiger charge is -2.39. The van der Waals surface area contributed by atoms with E-state index in [0.29, 0.717) is 5.56 Å². The third-order valence-corrected chi connectivity index (χ3v) is 5.10. The van der Waals surface area contributed by atoms with Crippen molar-refractivity contribution in [1.29, 1.82) is 0 Å². The molecule has 170 valence electrons. The van der Waals surface area contributed by atoms with E-state index in [4.69, 9.17) is 5.11 Å². The predicted molar refractivity (Wildman–Crippen MR) is 111 cm³/mol. The van der Waals surface area contributed by atoms with Crippen molar-refractivity contribution in [1.82, 2.24) is 20.2 Å². The van der Waals surface area contributed by atoms with Crippen molar-refractivity contribution in [2.24, 2.45) is 0 Å². The van der Waals surface area contributed by atoms with Gasteiger partial charge in [0.05, 0.1) is 12.1 Å². The fourth-order valence-corrected chi connectivity index (χ4v) is 3.42. The molecule has 1 atom stereocenters. The molecule has 3 N–H and O–H groups in total. The normalized spacial score (nSPS) is 17.5. The number of aryl methyl sites for hydroxylation is 1. The van der Waals surface area contributed by atoms with E-state index >= 15 is 0 Å². The maximum Gasteiger partial charge on any atom is 0.335 e. The average Bonchev–Trinajstić information content (AvgIpc) is 2.73. The Morgan fingerprint density at radius 2 is 2.00 bits per heavy atom. The summed E-state index contributed by atoms with van der Waals surface area (Å²) >= 11 is 0. The van der Waals surface area contributed by atoms with E-state index in [1.165, 1.54) is 25.3 Å². The highest BCUT2D eigenvalue weighted by Crippen LogP contribution is 2.31. The molecule has 0 aliphatic carbocycles. The molecule has 2 aromatic rings. The fourth-order valence-electron chi connectivity index (χ4n) is 3.42. The fraction of sp³-hybridized carbons (Fsp3) is 0.381. The van der Waals surface area contributed by atoms with Crippen molar-refractivity contribution in [2.75, 3.05) is 18.4 Å². The molecule has 2 aromatic heterocycles. The largest absolute Gasteiger partial charge is 0.478 e. The highest BCUT2D eigenvalue weighted by molar-refractivity contribution is 5.94. The van der Waals surface area contributed by atoms with Crippen LogP contribution in [0.15, 0.2) is 30.5 Å². The Kier molecular flexibility index (Phi) is 6.66. The molecule has 3 rings (SSSR count). The Morgan fingerprint density at radius 1 is 1.25 bits per heavy atom. The van der Waals surface area contributed by atoms with Gasteiger partial charge in [0.1, 0.15) is 17.3 Å². The first kappa shape index (κ1) is 23.0. The molecule has 1 unspecified atom stereocenters. The number of piperidine rings is 1. The number of halogens is 2. The summed E-state index contributed by atoms with van der Waals surface area (Å²) in [5.41, 5.74) is 0.483. The molecule has 0 radical (unpaired) electrons. The average molecular weight is 447 g/mol. The van der Waals surface area contributed by atoms with Crippen molar-refractivity contribution in [3.8, 4) is 0 Å². The number of rotatable bonds is 6. The molecular formula is C21H23F2N5O4. The number of carboxylic acids is 1. The monoisotopic (exact) mass is 447 g/mol. The first-order valence-electron chi connectivity index (χ1n) is 9.93. The number of carbonyl (C=O) groups excluding carboxylic acids is 2. The lowest BCUT2D eigenvalue weighted by atomic mass is 9.98. The number of anilines is 2. The summed E-state index contributed by atoms with van der Waals surface area (Å²) in [6.07, 6.45) is 0.983. The van der Waals surface area contributed by atoms with Gasteiger partial charge < -0.3 is 20.6 Å². The molecule has 1 aliphatic rings. The lowest BCUT2D eigenvalue weighted by Crippen LogP contribution is -2.55. The van der Waals surface area contributed by atoms with Crippen LogP contribution in [0.2, 0.25) is 0 Å². The van der Waals surface area contributed by atoms with Crippen molar-refractivity contribution >= 4 is 29.4 Å². The summed E-state index contributed by atoms with van der Waals surface area (Å²) in [4.78, 5) is 45.0. The van der Waals surface area contributed by atoms with Gasteiger partial charge in [-0.25, -0.2) is 23.5 Å². The van der Waals surface area contributed by atoms with Gasteiger partial charge >= 0.3 is 5.97 Å². The van der Waals surface area contributed by atoms with E-state index in [9.17, 15) is 23.2 Å². The number of alkyl halides is 2. The Hall–Kier alpha value is -3.63. The minimum Gasteiger partial charge on any atom is -0.478 e. The molecule has 11 heteroatoms. The molecule has 1 fully saturated rings. The Morgan fingerprint density at radius 3 is 2.69 bits per heavy atom. The number of nitrogens with zero attached hydrogens (tertiary/aromatic N) is 3. The molecule has 0 spiro atoms. The second-order valence-electron chi connectivity index (χ2n) is 7.64. The summed E-state index contributed by atoms with van der Waals surface area (Å²) in [5, 5.41) is 14.5. The van der Waals surface area contributed by atoms with E-state index in [-0.39, 0.29) is 48.2 Å². The minimum atomic E-state index is -3.03. The molecule has 2 amide bonds. The van der Waals surface area contributed by atoms with Gasteiger partial charge in [-0.3, -0.25) is 9.59 Å². The van der Waals surface area contributed by atoms with E-state index in [0.717, 1.165) is 4.90 Å². The number of carboxylic acid groups (broad SMARTS) is 1. The highest BCUT2D eigenvalue weighted by Gasteiger charge is 2.42. The number of pyridine rings is 2. The Labute approximate surface area is 182 Å². The van der Waals surface area contributed by atoms with E-state index in [2.05, 4.69) is 20.6 Å². The van der Waals surface area contributed by atoms with E-state index < -0.39 is 30.4 Å². The summed E-state index contributed by atoms with van der Waals surface area (Å²) < 4.78 is 28.2. The topological polar surface area (TPSA) is 125 Å². The van der Waals surface area contributed by atoms with Crippen LogP contribution in [-0.4, -0.2) is 62.8 Å². The van der Waals surface area contributed by atoms with Crippen LogP contribution in [-0.2, 0) is 4.79 Å². The molecule has 0 bridgehead atoms. The van der Waals surface area contributed by atoms with Crippen molar-refractivity contribution in [2.45, 2.75) is 38.7 Å². The standard InChI is InChI=1S/C21H23F2N5O4/c1-12-3-4-16(26-17-9-14(20(31)32)6-8-24-17)27-18(12)19(30)28-11-21(22,23)7-5-15(28)10-25-13(2)29/h3-4,6,8-9,15H,5,7,10-11H2,1-2H3,(H,25,29)(H,31,32)(H,24,26,27). The van der Waals surface area contributed by atoms with Crippen molar-refractivity contribution < 1.29 is 28.3 Å². The summed E-state index contributed by atoms with van der Waals surface area (Å²) in [6, 6.07) is 5.23. The number of aromatic nitrogens is 2. The lowest BCUT2D eigenvalue weighted by molar-refractivity contribution is -0.119. The van der Waals surface area contributed by atoms with Crippen LogP contribution in [0, 0.1) is 6.92 Å². The van der Waals surface area contributed by atoms with Crippen LogP contribution >= 0.6 is 0 Å². The molecule has 0 saturated carbocycles. The van der Waals surface area contributed by atoms with E-state index in [1.54, 1.807) is 19.1 Å². The molecule has 1 saturated heterocycles. The number of hydrogen-bond acceptors (Lipinski definition) is 6. The molecule has 3 heterocycles. The maximum absolute atomic E-state index is 14.1. The number of likely N-dealkylation sites (tertiary alicyclic amines) is 1. The summed E-state index contributed by atoms with van der Waals surface area (Å²) in [6.45, 7) is 2.26. The number of amides is 2. The third-order valence-electron chi connectivity index (χ3n) is 5.10. The van der Waals surface area contributed by atoms with Crippen LogP contribution in [0.5, 0.6) is 0 Å². The third kappa shape index (κ3) is 5.54. The molecule has 32 heavy (non-hydrogen) atoms. The van der Waals surface area contributed by atoms with Gasteiger partial charge in [-0.05, 0) is 37.1 Å². The molecular weight excluding hydrogens is 424 g/mol. The van der Waals surface area contributed by atoms with Gasteiger partial charge in [0.25, 0.3) is 11.8 Å². The number of nitrogens with one attached hydrogen (secondary N) is 2. The molecule has 9 nitrogen and oxygen atoms in total. The van der Waals surface area contributed by atoms with Crippen molar-refractivity contribution in [3.63, 3.8) is 0 Å². The summed E-state index contributed by atoms with van der Waals surface area (Å²) in [7, 11) is 0. The van der Waals surface area contributed by atoms with Crippen LogP contribution in [0.4, 0.5) is 20.4 Å². The Bertz CT molecular complexity index is 1050. The SMILES string of the molecule is CC(=O)NCC1CCC(F)(F)CN1C(=O)c1nc(Nc2cc(C(=O)O)ccn2)ccc1C. The van der Waals surface area contributed by atoms with Gasteiger partial charge in [0.2, 0.25) is 5.91 Å². The van der Waals surface area contributed by atoms with E-state index in [1.807, 2.05) is 0 Å². The first-order valence-corrected chi connectivity index (χ1v) is 9.93. The number of carbonyl (C=O) groups is 3.